The fourth-order valence-electron chi connectivity index (χ4n) is 3.90. The van der Waals surface area contributed by atoms with Crippen LogP contribution < -0.4 is 5.32 Å². The van der Waals surface area contributed by atoms with E-state index in [1.165, 1.54) is 11.1 Å². The minimum atomic E-state index is -0.0513. The van der Waals surface area contributed by atoms with Crippen molar-refractivity contribution in [2.24, 2.45) is 0 Å². The second-order valence-electron chi connectivity index (χ2n) is 7.71. The van der Waals surface area contributed by atoms with Gasteiger partial charge in [0.2, 0.25) is 0 Å². The van der Waals surface area contributed by atoms with Gasteiger partial charge in [-0.2, -0.15) is 0 Å². The maximum Gasteiger partial charge on any atom is 0.268 e. The van der Waals surface area contributed by atoms with Crippen molar-refractivity contribution in [2.75, 3.05) is 39.4 Å². The van der Waals surface area contributed by atoms with Crippen LogP contribution in [-0.4, -0.2) is 54.8 Å². The van der Waals surface area contributed by atoms with Crippen molar-refractivity contribution in [3.8, 4) is 0 Å². The first-order valence-corrected chi connectivity index (χ1v) is 10.3. The van der Waals surface area contributed by atoms with Crippen LogP contribution in [0.3, 0.4) is 0 Å². The molecule has 154 valence electrons. The maximum absolute atomic E-state index is 12.9. The second kappa shape index (κ2) is 8.84. The number of morpholine rings is 1. The molecular formula is C23H29N3O3. The van der Waals surface area contributed by atoms with Gasteiger partial charge in [0.1, 0.15) is 11.5 Å². The van der Waals surface area contributed by atoms with Crippen LogP contribution in [0.2, 0.25) is 0 Å². The lowest BCUT2D eigenvalue weighted by Crippen LogP contribution is -2.38. The molecule has 1 aliphatic rings. The van der Waals surface area contributed by atoms with E-state index in [1.807, 2.05) is 31.2 Å². The summed E-state index contributed by atoms with van der Waals surface area (Å²) in [4.78, 5) is 15.3. The molecule has 1 amide bonds. The average molecular weight is 396 g/mol. The molecule has 6 heteroatoms. The van der Waals surface area contributed by atoms with Crippen LogP contribution in [-0.2, 0) is 11.3 Å². The topological polar surface area (TPSA) is 59.6 Å². The lowest BCUT2D eigenvalue weighted by molar-refractivity contribution is 0.0374. The van der Waals surface area contributed by atoms with Crippen LogP contribution in [0.4, 0.5) is 0 Å². The normalized spacial score (nSPS) is 15.1. The lowest BCUT2D eigenvalue weighted by Gasteiger charge is -2.26. The van der Waals surface area contributed by atoms with Gasteiger partial charge >= 0.3 is 0 Å². The zero-order valence-corrected chi connectivity index (χ0v) is 17.2. The summed E-state index contributed by atoms with van der Waals surface area (Å²) in [6, 6.07) is 12.1. The van der Waals surface area contributed by atoms with Crippen molar-refractivity contribution < 1.29 is 13.9 Å². The number of carbonyl (C=O) groups excluding carboxylic acids is 1. The lowest BCUT2D eigenvalue weighted by atomic mass is 10.1. The number of nitrogens with one attached hydrogen (secondary N) is 1. The largest absolute Gasteiger partial charge is 0.460 e. The number of amides is 1. The van der Waals surface area contributed by atoms with E-state index in [1.54, 1.807) is 0 Å². The van der Waals surface area contributed by atoms with E-state index in [2.05, 4.69) is 33.8 Å². The summed E-state index contributed by atoms with van der Waals surface area (Å²) in [5.74, 6) is 0.801. The van der Waals surface area contributed by atoms with Gasteiger partial charge in [-0.05, 0) is 37.9 Å². The van der Waals surface area contributed by atoms with Gasteiger partial charge in [-0.1, -0.05) is 24.3 Å². The van der Waals surface area contributed by atoms with Crippen LogP contribution in [0.25, 0.3) is 11.1 Å². The number of ether oxygens (including phenoxy) is 1. The van der Waals surface area contributed by atoms with E-state index >= 15 is 0 Å². The molecule has 0 unspecified atom stereocenters. The van der Waals surface area contributed by atoms with E-state index in [0.717, 1.165) is 56.1 Å². The Balaban J connectivity index is 1.46. The van der Waals surface area contributed by atoms with Crippen LogP contribution in [0.5, 0.6) is 0 Å². The smallest absolute Gasteiger partial charge is 0.268 e. The van der Waals surface area contributed by atoms with Crippen molar-refractivity contribution in [2.45, 2.75) is 26.8 Å². The van der Waals surface area contributed by atoms with Crippen molar-refractivity contribution in [1.82, 2.24) is 14.8 Å². The zero-order chi connectivity index (χ0) is 20.2. The van der Waals surface area contributed by atoms with Crippen molar-refractivity contribution in [1.29, 1.82) is 0 Å². The molecule has 3 aromatic rings. The Morgan fingerprint density at radius 1 is 1.14 bits per heavy atom. The van der Waals surface area contributed by atoms with Crippen molar-refractivity contribution in [3.63, 3.8) is 0 Å². The Bertz CT molecular complexity index is 983. The zero-order valence-electron chi connectivity index (χ0n) is 17.2. The Labute approximate surface area is 171 Å². The van der Waals surface area contributed by atoms with Gasteiger partial charge in [-0.3, -0.25) is 9.69 Å². The van der Waals surface area contributed by atoms with E-state index in [9.17, 15) is 4.79 Å². The summed E-state index contributed by atoms with van der Waals surface area (Å²) < 4.78 is 13.2. The molecular weight excluding hydrogens is 366 g/mol. The van der Waals surface area contributed by atoms with Gasteiger partial charge in [-0.15, -0.1) is 0 Å². The first-order chi connectivity index (χ1) is 14.1. The third kappa shape index (κ3) is 4.54. The molecule has 4 rings (SSSR count). The van der Waals surface area contributed by atoms with Gasteiger partial charge in [0, 0.05) is 38.3 Å². The molecule has 1 N–H and O–H groups in total. The quantitative estimate of drug-likeness (QED) is 0.624. The van der Waals surface area contributed by atoms with Gasteiger partial charge < -0.3 is 19.0 Å². The SMILES string of the molecule is Cc1cc2c(cc(C(=O)NCCCN3CCOCC3)n2Cc2ccccc2C)o1. The Hall–Kier alpha value is -2.57. The fourth-order valence-corrected chi connectivity index (χ4v) is 3.90. The summed E-state index contributed by atoms with van der Waals surface area (Å²) in [6.45, 7) is 9.87. The van der Waals surface area contributed by atoms with Gasteiger partial charge in [-0.25, -0.2) is 0 Å². The molecule has 6 nitrogen and oxygen atoms in total. The molecule has 0 aliphatic carbocycles. The van der Waals surface area contributed by atoms with Crippen LogP contribution in [0.1, 0.15) is 33.8 Å². The standard InChI is InChI=1S/C23H29N3O3/c1-17-6-3-4-7-19(17)16-26-20-14-18(2)29-22(20)15-21(26)23(27)24-8-5-9-25-10-12-28-13-11-25/h3-4,6-7,14-15H,5,8-13,16H2,1-2H3,(H,24,27). The van der Waals surface area contributed by atoms with E-state index in [4.69, 9.17) is 9.15 Å². The van der Waals surface area contributed by atoms with E-state index < -0.39 is 0 Å². The monoisotopic (exact) mass is 395 g/mol. The van der Waals surface area contributed by atoms with E-state index in [0.29, 0.717) is 18.8 Å². The molecule has 1 fully saturated rings. The highest BCUT2D eigenvalue weighted by atomic mass is 16.5. The maximum atomic E-state index is 12.9. The first kappa shape index (κ1) is 19.7. The molecule has 1 aromatic carbocycles. The fraction of sp³-hybridized carbons (Fsp3) is 0.435. The third-order valence-electron chi connectivity index (χ3n) is 5.58. The number of aryl methyl sites for hydroxylation is 2. The number of fused-ring (bicyclic) bond motifs is 1. The van der Waals surface area contributed by atoms with Crippen LogP contribution in [0.15, 0.2) is 40.8 Å². The second-order valence-corrected chi connectivity index (χ2v) is 7.71. The van der Waals surface area contributed by atoms with Crippen LogP contribution in [0, 0.1) is 13.8 Å². The van der Waals surface area contributed by atoms with Crippen LogP contribution >= 0.6 is 0 Å². The van der Waals surface area contributed by atoms with Gasteiger partial charge in [0.25, 0.3) is 5.91 Å². The Kier molecular flexibility index (Phi) is 6.02. The molecule has 3 heterocycles. The molecule has 29 heavy (non-hydrogen) atoms. The number of rotatable bonds is 7. The summed E-state index contributed by atoms with van der Waals surface area (Å²) >= 11 is 0. The number of hydrogen-bond donors (Lipinski definition) is 1. The minimum Gasteiger partial charge on any atom is -0.460 e. The third-order valence-corrected chi connectivity index (χ3v) is 5.58. The summed E-state index contributed by atoms with van der Waals surface area (Å²) in [5, 5.41) is 3.09. The predicted molar refractivity (Wildman–Crippen MR) is 113 cm³/mol. The van der Waals surface area contributed by atoms with Crippen molar-refractivity contribution >= 4 is 17.0 Å². The molecule has 1 saturated heterocycles. The van der Waals surface area contributed by atoms with Gasteiger partial charge in [0.15, 0.2) is 5.58 Å². The molecule has 0 spiro atoms. The predicted octanol–water partition coefficient (Wildman–Crippen LogP) is 3.35. The summed E-state index contributed by atoms with van der Waals surface area (Å²) in [7, 11) is 0. The number of aromatic nitrogens is 1. The Morgan fingerprint density at radius 3 is 2.72 bits per heavy atom. The molecule has 2 aromatic heterocycles. The van der Waals surface area contributed by atoms with Crippen molar-refractivity contribution in [3.05, 3.63) is 59.0 Å². The van der Waals surface area contributed by atoms with E-state index in [-0.39, 0.29) is 5.91 Å². The minimum absolute atomic E-state index is 0.0513. The highest BCUT2D eigenvalue weighted by Crippen LogP contribution is 2.25. The number of hydrogen-bond acceptors (Lipinski definition) is 4. The first-order valence-electron chi connectivity index (χ1n) is 10.3. The number of furan rings is 1. The van der Waals surface area contributed by atoms with Gasteiger partial charge in [0.05, 0.1) is 18.7 Å². The highest BCUT2D eigenvalue weighted by Gasteiger charge is 2.19. The molecule has 0 atom stereocenters. The Morgan fingerprint density at radius 2 is 1.93 bits per heavy atom. The number of benzene rings is 1. The number of nitrogens with zero attached hydrogens (tertiary/aromatic N) is 2. The molecule has 0 radical (unpaired) electrons. The molecule has 0 saturated carbocycles. The number of carbonyl (C=O) groups is 1. The highest BCUT2D eigenvalue weighted by molar-refractivity contribution is 5.97. The summed E-state index contributed by atoms with van der Waals surface area (Å²) in [5.41, 5.74) is 4.78. The molecule has 0 bridgehead atoms. The summed E-state index contributed by atoms with van der Waals surface area (Å²) in [6.07, 6.45) is 0.930. The average Bonchev–Trinajstić information content (AvgIpc) is 3.24. The molecule has 1 aliphatic heterocycles.